The van der Waals surface area contributed by atoms with E-state index >= 15 is 0 Å². The van der Waals surface area contributed by atoms with E-state index in [0.717, 1.165) is 18.1 Å². The second kappa shape index (κ2) is 6.42. The molecule has 1 aromatic heterocycles. The van der Waals surface area contributed by atoms with Crippen LogP contribution < -0.4 is 5.32 Å². The third-order valence-electron chi connectivity index (χ3n) is 3.21. The Morgan fingerprint density at radius 2 is 1.95 bits per heavy atom. The van der Waals surface area contributed by atoms with E-state index in [0.29, 0.717) is 5.92 Å². The number of nitrogens with zero attached hydrogens (tertiary/aromatic N) is 2. The third-order valence-corrected chi connectivity index (χ3v) is 3.46. The topological polar surface area (TPSA) is 29.9 Å². The Morgan fingerprint density at radius 3 is 2.50 bits per heavy atom. The van der Waals surface area contributed by atoms with Crippen LogP contribution in [0, 0.1) is 0 Å². The molecule has 2 rings (SSSR count). The van der Waals surface area contributed by atoms with Crippen LogP contribution in [0.3, 0.4) is 0 Å². The summed E-state index contributed by atoms with van der Waals surface area (Å²) in [5, 5.41) is 4.36. The van der Waals surface area contributed by atoms with Gasteiger partial charge in [-0.05, 0) is 38.5 Å². The number of hydrogen-bond donors (Lipinski definition) is 1. The normalized spacial score (nSPS) is 13.4. The number of rotatable bonds is 5. The van der Waals surface area contributed by atoms with Gasteiger partial charge in [0.05, 0.1) is 6.33 Å². The SMILES string of the molecule is CC(C)(C)NCC(Cn1ccnc1)c1ccc(Cl)cc1. The lowest BCUT2D eigenvalue weighted by Crippen LogP contribution is -2.39. The first-order valence-electron chi connectivity index (χ1n) is 6.90. The van der Waals surface area contributed by atoms with Crippen LogP contribution in [0.4, 0.5) is 0 Å². The molecule has 0 spiro atoms. The van der Waals surface area contributed by atoms with Crippen LogP contribution in [0.1, 0.15) is 32.3 Å². The van der Waals surface area contributed by atoms with Gasteiger partial charge in [-0.1, -0.05) is 23.7 Å². The lowest BCUT2D eigenvalue weighted by Gasteiger charge is -2.26. The fraction of sp³-hybridized carbons (Fsp3) is 0.438. The molecule has 0 radical (unpaired) electrons. The van der Waals surface area contributed by atoms with E-state index in [4.69, 9.17) is 11.6 Å². The molecule has 108 valence electrons. The summed E-state index contributed by atoms with van der Waals surface area (Å²) in [4.78, 5) is 4.11. The second-order valence-electron chi connectivity index (χ2n) is 6.14. The van der Waals surface area contributed by atoms with Crippen molar-refractivity contribution in [1.82, 2.24) is 14.9 Å². The van der Waals surface area contributed by atoms with Crippen LogP contribution in [-0.4, -0.2) is 21.6 Å². The number of aromatic nitrogens is 2. The first kappa shape index (κ1) is 15.1. The van der Waals surface area contributed by atoms with Crippen LogP contribution >= 0.6 is 11.6 Å². The summed E-state index contributed by atoms with van der Waals surface area (Å²) in [6.45, 7) is 8.38. The van der Waals surface area contributed by atoms with Gasteiger partial charge in [-0.3, -0.25) is 0 Å². The fourth-order valence-corrected chi connectivity index (χ4v) is 2.23. The minimum Gasteiger partial charge on any atom is -0.337 e. The monoisotopic (exact) mass is 291 g/mol. The van der Waals surface area contributed by atoms with E-state index in [9.17, 15) is 0 Å². The van der Waals surface area contributed by atoms with Crippen molar-refractivity contribution in [3.05, 3.63) is 53.6 Å². The molecule has 0 saturated carbocycles. The maximum atomic E-state index is 5.98. The number of benzene rings is 1. The Kier molecular flexibility index (Phi) is 4.84. The summed E-state index contributed by atoms with van der Waals surface area (Å²) in [6, 6.07) is 8.12. The van der Waals surface area contributed by atoms with E-state index in [1.165, 1.54) is 5.56 Å². The molecule has 0 aliphatic heterocycles. The highest BCUT2D eigenvalue weighted by Gasteiger charge is 2.16. The zero-order valence-electron chi connectivity index (χ0n) is 12.3. The Hall–Kier alpha value is -1.32. The molecule has 1 aromatic carbocycles. The standard InChI is InChI=1S/C16H22ClN3/c1-16(2,3)19-10-14(11-20-9-8-18-12-20)13-4-6-15(17)7-5-13/h4-9,12,14,19H,10-11H2,1-3H3. The van der Waals surface area contributed by atoms with Gasteiger partial charge < -0.3 is 9.88 Å². The summed E-state index contributed by atoms with van der Waals surface area (Å²) in [5.74, 6) is 0.390. The highest BCUT2D eigenvalue weighted by molar-refractivity contribution is 6.30. The highest BCUT2D eigenvalue weighted by Crippen LogP contribution is 2.20. The van der Waals surface area contributed by atoms with E-state index in [2.05, 4.69) is 47.8 Å². The molecule has 0 bridgehead atoms. The van der Waals surface area contributed by atoms with Gasteiger partial charge in [0.1, 0.15) is 0 Å². The van der Waals surface area contributed by atoms with Crippen molar-refractivity contribution in [3.8, 4) is 0 Å². The van der Waals surface area contributed by atoms with E-state index < -0.39 is 0 Å². The van der Waals surface area contributed by atoms with E-state index in [1.54, 1.807) is 0 Å². The number of halogens is 1. The summed E-state index contributed by atoms with van der Waals surface area (Å²) in [5.41, 5.74) is 1.40. The van der Waals surface area contributed by atoms with Gasteiger partial charge in [0.2, 0.25) is 0 Å². The van der Waals surface area contributed by atoms with Gasteiger partial charge >= 0.3 is 0 Å². The zero-order valence-corrected chi connectivity index (χ0v) is 13.1. The molecule has 0 amide bonds. The van der Waals surface area contributed by atoms with Gasteiger partial charge in [0.25, 0.3) is 0 Å². The van der Waals surface area contributed by atoms with Crippen molar-refractivity contribution in [2.45, 2.75) is 38.8 Å². The number of hydrogen-bond acceptors (Lipinski definition) is 2. The van der Waals surface area contributed by atoms with Crippen molar-refractivity contribution >= 4 is 11.6 Å². The van der Waals surface area contributed by atoms with Crippen molar-refractivity contribution in [1.29, 1.82) is 0 Å². The molecule has 1 unspecified atom stereocenters. The maximum Gasteiger partial charge on any atom is 0.0946 e. The lowest BCUT2D eigenvalue weighted by atomic mass is 9.97. The average molecular weight is 292 g/mol. The molecule has 1 N–H and O–H groups in total. The summed E-state index contributed by atoms with van der Waals surface area (Å²) in [6.07, 6.45) is 5.68. The molecular weight excluding hydrogens is 270 g/mol. The Labute approximate surface area is 126 Å². The van der Waals surface area contributed by atoms with Gasteiger partial charge in [-0.25, -0.2) is 4.98 Å². The molecule has 0 fully saturated rings. The quantitative estimate of drug-likeness (QED) is 0.910. The molecule has 0 aliphatic rings. The van der Waals surface area contributed by atoms with Crippen molar-refractivity contribution in [2.75, 3.05) is 6.54 Å². The molecule has 2 aromatic rings. The Balaban J connectivity index is 2.12. The maximum absolute atomic E-state index is 5.98. The highest BCUT2D eigenvalue weighted by atomic mass is 35.5. The first-order chi connectivity index (χ1) is 9.44. The van der Waals surface area contributed by atoms with Crippen molar-refractivity contribution < 1.29 is 0 Å². The number of nitrogens with one attached hydrogen (secondary N) is 1. The zero-order chi connectivity index (χ0) is 14.6. The molecular formula is C16H22ClN3. The summed E-state index contributed by atoms with van der Waals surface area (Å²) >= 11 is 5.98. The Morgan fingerprint density at radius 1 is 1.25 bits per heavy atom. The van der Waals surface area contributed by atoms with Crippen LogP contribution in [-0.2, 0) is 6.54 Å². The minimum absolute atomic E-state index is 0.111. The van der Waals surface area contributed by atoms with Crippen LogP contribution in [0.25, 0.3) is 0 Å². The minimum atomic E-state index is 0.111. The predicted molar refractivity (Wildman–Crippen MR) is 84.2 cm³/mol. The van der Waals surface area contributed by atoms with E-state index in [-0.39, 0.29) is 5.54 Å². The fourth-order valence-electron chi connectivity index (χ4n) is 2.10. The third kappa shape index (κ3) is 4.66. The van der Waals surface area contributed by atoms with Crippen LogP contribution in [0.15, 0.2) is 43.0 Å². The first-order valence-corrected chi connectivity index (χ1v) is 7.28. The van der Waals surface area contributed by atoms with Gasteiger partial charge in [0.15, 0.2) is 0 Å². The average Bonchev–Trinajstić information content (AvgIpc) is 2.87. The van der Waals surface area contributed by atoms with Crippen LogP contribution in [0.5, 0.6) is 0 Å². The van der Waals surface area contributed by atoms with Crippen LogP contribution in [0.2, 0.25) is 5.02 Å². The molecule has 3 nitrogen and oxygen atoms in total. The lowest BCUT2D eigenvalue weighted by molar-refractivity contribution is 0.390. The molecule has 0 aliphatic carbocycles. The second-order valence-corrected chi connectivity index (χ2v) is 6.58. The van der Waals surface area contributed by atoms with Gasteiger partial charge in [-0.2, -0.15) is 0 Å². The smallest absolute Gasteiger partial charge is 0.0946 e. The molecule has 20 heavy (non-hydrogen) atoms. The van der Waals surface area contributed by atoms with Gasteiger partial charge in [0, 0.05) is 42.0 Å². The molecule has 4 heteroatoms. The van der Waals surface area contributed by atoms with Crippen molar-refractivity contribution in [3.63, 3.8) is 0 Å². The number of imidazole rings is 1. The summed E-state index contributed by atoms with van der Waals surface area (Å²) in [7, 11) is 0. The molecule has 1 atom stereocenters. The molecule has 0 saturated heterocycles. The van der Waals surface area contributed by atoms with E-state index in [1.807, 2.05) is 30.9 Å². The molecule has 1 heterocycles. The summed E-state index contributed by atoms with van der Waals surface area (Å²) < 4.78 is 2.11. The van der Waals surface area contributed by atoms with Crippen molar-refractivity contribution in [2.24, 2.45) is 0 Å². The Bertz CT molecular complexity index is 512. The predicted octanol–water partition coefficient (Wildman–Crippen LogP) is 3.71. The largest absolute Gasteiger partial charge is 0.337 e. The van der Waals surface area contributed by atoms with Gasteiger partial charge in [-0.15, -0.1) is 0 Å².